The van der Waals surface area contributed by atoms with Crippen LogP contribution in [-0.2, 0) is 6.42 Å². The quantitative estimate of drug-likeness (QED) is 0.414. The van der Waals surface area contributed by atoms with Crippen LogP contribution >= 0.6 is 0 Å². The number of nitrogens with zero attached hydrogens (tertiary/aromatic N) is 1. The van der Waals surface area contributed by atoms with Gasteiger partial charge in [-0.15, -0.1) is 0 Å². The highest BCUT2D eigenvalue weighted by atomic mass is 14.7. The summed E-state index contributed by atoms with van der Waals surface area (Å²) in [5.41, 5.74) is 8.85. The minimum absolute atomic E-state index is 1.05. The number of para-hydroxylation sites is 1. The van der Waals surface area contributed by atoms with E-state index in [0.29, 0.717) is 0 Å². The molecule has 0 spiro atoms. The van der Waals surface area contributed by atoms with Gasteiger partial charge in [0.25, 0.3) is 0 Å². The van der Waals surface area contributed by atoms with E-state index >= 15 is 0 Å². The Kier molecular flexibility index (Phi) is 3.64. The first-order valence-corrected chi connectivity index (χ1v) is 9.13. The molecule has 1 heterocycles. The van der Waals surface area contributed by atoms with Crippen LogP contribution in [0.2, 0.25) is 0 Å². The maximum absolute atomic E-state index is 5.05. The zero-order valence-electron chi connectivity index (χ0n) is 14.5. The zero-order valence-corrected chi connectivity index (χ0v) is 14.5. The van der Waals surface area contributed by atoms with Crippen molar-refractivity contribution in [1.29, 1.82) is 0 Å². The molecule has 5 rings (SSSR count). The molecule has 0 unspecified atom stereocenters. The Balaban J connectivity index is 1.77. The van der Waals surface area contributed by atoms with Gasteiger partial charge in [-0.25, -0.2) is 4.98 Å². The van der Waals surface area contributed by atoms with Crippen molar-refractivity contribution < 1.29 is 0 Å². The maximum Gasteiger partial charge on any atom is 0.0715 e. The molecule has 1 heteroatoms. The van der Waals surface area contributed by atoms with Crippen LogP contribution < -0.4 is 0 Å². The van der Waals surface area contributed by atoms with Crippen LogP contribution in [0.4, 0.5) is 0 Å². The highest BCUT2D eigenvalue weighted by Gasteiger charge is 2.24. The van der Waals surface area contributed by atoms with Crippen molar-refractivity contribution in [2.75, 3.05) is 0 Å². The Morgan fingerprint density at radius 3 is 2.19 bits per heavy atom. The Morgan fingerprint density at radius 2 is 1.38 bits per heavy atom. The summed E-state index contributed by atoms with van der Waals surface area (Å²) in [4.78, 5) is 5.05. The normalized spacial score (nSPS) is 14.7. The summed E-state index contributed by atoms with van der Waals surface area (Å²) in [5.74, 6) is 0. The molecular weight excluding hydrogens is 314 g/mol. The SMILES string of the molecule is C(=C1CCc2c1nc1ccccc1c2-c1ccccc1)c1ccccc1. The highest BCUT2D eigenvalue weighted by Crippen LogP contribution is 2.41. The lowest BCUT2D eigenvalue weighted by molar-refractivity contribution is 1.08. The largest absolute Gasteiger partial charge is 0.248 e. The average Bonchev–Trinajstić information content (AvgIpc) is 3.10. The summed E-state index contributed by atoms with van der Waals surface area (Å²) in [6, 6.07) is 29.8. The standard InChI is InChI=1S/C25H19N/c1-3-9-18(10-4-1)17-20-15-16-22-24(19-11-5-2-6-12-19)21-13-7-8-14-23(21)26-25(20)22/h1-14,17H,15-16H2. The van der Waals surface area contributed by atoms with Crippen LogP contribution in [0.5, 0.6) is 0 Å². The van der Waals surface area contributed by atoms with Crippen molar-refractivity contribution in [3.05, 3.63) is 102 Å². The fraction of sp³-hybridized carbons (Fsp3) is 0.0800. The van der Waals surface area contributed by atoms with Crippen molar-refractivity contribution in [2.45, 2.75) is 12.8 Å². The van der Waals surface area contributed by atoms with Crippen LogP contribution in [0.3, 0.4) is 0 Å². The Labute approximate surface area is 153 Å². The highest BCUT2D eigenvalue weighted by molar-refractivity contribution is 6.00. The van der Waals surface area contributed by atoms with Crippen LogP contribution in [0.25, 0.3) is 33.7 Å². The third kappa shape index (κ3) is 2.53. The molecule has 0 atom stereocenters. The smallest absolute Gasteiger partial charge is 0.0715 e. The molecular formula is C25H19N. The molecule has 124 valence electrons. The lowest BCUT2D eigenvalue weighted by Gasteiger charge is -2.13. The molecule has 0 saturated carbocycles. The fourth-order valence-corrected chi connectivity index (χ4v) is 3.96. The molecule has 0 amide bonds. The molecule has 3 aromatic carbocycles. The van der Waals surface area contributed by atoms with E-state index < -0.39 is 0 Å². The van der Waals surface area contributed by atoms with Crippen LogP contribution in [0.1, 0.15) is 23.2 Å². The van der Waals surface area contributed by atoms with Gasteiger partial charge in [-0.1, -0.05) is 78.9 Å². The van der Waals surface area contributed by atoms with E-state index in [2.05, 4.69) is 91.0 Å². The number of hydrogen-bond donors (Lipinski definition) is 0. The van der Waals surface area contributed by atoms with E-state index in [9.17, 15) is 0 Å². The number of hydrogen-bond acceptors (Lipinski definition) is 1. The van der Waals surface area contributed by atoms with E-state index in [1.54, 1.807) is 0 Å². The molecule has 1 aliphatic carbocycles. The first-order valence-electron chi connectivity index (χ1n) is 9.13. The van der Waals surface area contributed by atoms with Gasteiger partial charge in [0.15, 0.2) is 0 Å². The topological polar surface area (TPSA) is 12.9 Å². The van der Waals surface area contributed by atoms with Crippen molar-refractivity contribution in [1.82, 2.24) is 4.98 Å². The van der Waals surface area contributed by atoms with Gasteiger partial charge in [-0.2, -0.15) is 0 Å². The predicted molar refractivity (Wildman–Crippen MR) is 110 cm³/mol. The summed E-state index contributed by atoms with van der Waals surface area (Å²) in [7, 11) is 0. The van der Waals surface area contributed by atoms with Gasteiger partial charge in [-0.3, -0.25) is 0 Å². The fourth-order valence-electron chi connectivity index (χ4n) is 3.96. The van der Waals surface area contributed by atoms with E-state index in [1.165, 1.54) is 38.9 Å². The number of aromatic nitrogens is 1. The molecule has 0 saturated heterocycles. The van der Waals surface area contributed by atoms with E-state index in [1.807, 2.05) is 0 Å². The molecule has 0 N–H and O–H groups in total. The third-order valence-electron chi connectivity index (χ3n) is 5.14. The molecule has 0 aliphatic heterocycles. The number of pyridine rings is 1. The Bertz CT molecular complexity index is 1110. The first kappa shape index (κ1) is 15.1. The van der Waals surface area contributed by atoms with Crippen LogP contribution in [0, 0.1) is 0 Å². The van der Waals surface area contributed by atoms with Gasteiger partial charge in [0.05, 0.1) is 11.2 Å². The van der Waals surface area contributed by atoms with Gasteiger partial charge < -0.3 is 0 Å². The van der Waals surface area contributed by atoms with Gasteiger partial charge in [0.2, 0.25) is 0 Å². The minimum Gasteiger partial charge on any atom is -0.248 e. The monoisotopic (exact) mass is 333 g/mol. The van der Waals surface area contributed by atoms with Gasteiger partial charge in [-0.05, 0) is 52.8 Å². The van der Waals surface area contributed by atoms with Crippen molar-refractivity contribution >= 4 is 22.6 Å². The van der Waals surface area contributed by atoms with Crippen molar-refractivity contribution in [3.63, 3.8) is 0 Å². The zero-order chi connectivity index (χ0) is 17.3. The predicted octanol–water partition coefficient (Wildman–Crippen LogP) is 6.39. The summed E-state index contributed by atoms with van der Waals surface area (Å²) in [6.45, 7) is 0. The minimum atomic E-state index is 1.05. The second-order valence-corrected chi connectivity index (χ2v) is 6.78. The number of allylic oxidation sites excluding steroid dienone is 1. The lowest BCUT2D eigenvalue weighted by Crippen LogP contribution is -1.95. The number of rotatable bonds is 2. The summed E-state index contributed by atoms with van der Waals surface area (Å²) in [6.07, 6.45) is 4.39. The first-order chi connectivity index (χ1) is 12.9. The average molecular weight is 333 g/mol. The number of fused-ring (bicyclic) bond motifs is 2. The molecule has 26 heavy (non-hydrogen) atoms. The second-order valence-electron chi connectivity index (χ2n) is 6.78. The van der Waals surface area contributed by atoms with Gasteiger partial charge in [0.1, 0.15) is 0 Å². The van der Waals surface area contributed by atoms with E-state index in [4.69, 9.17) is 4.98 Å². The Hall–Kier alpha value is -3.19. The molecule has 0 fully saturated rings. The van der Waals surface area contributed by atoms with Crippen molar-refractivity contribution in [2.24, 2.45) is 0 Å². The van der Waals surface area contributed by atoms with E-state index in [-0.39, 0.29) is 0 Å². The summed E-state index contributed by atoms with van der Waals surface area (Å²) < 4.78 is 0. The summed E-state index contributed by atoms with van der Waals surface area (Å²) in [5, 5.41) is 1.25. The molecule has 1 aliphatic rings. The molecule has 0 radical (unpaired) electrons. The van der Waals surface area contributed by atoms with Gasteiger partial charge >= 0.3 is 0 Å². The molecule has 4 aromatic rings. The van der Waals surface area contributed by atoms with Crippen molar-refractivity contribution in [3.8, 4) is 11.1 Å². The molecule has 1 nitrogen and oxygen atoms in total. The molecule has 1 aromatic heterocycles. The lowest BCUT2D eigenvalue weighted by atomic mass is 9.94. The van der Waals surface area contributed by atoms with E-state index in [0.717, 1.165) is 18.4 Å². The third-order valence-corrected chi connectivity index (χ3v) is 5.14. The maximum atomic E-state index is 5.05. The molecule has 0 bridgehead atoms. The summed E-state index contributed by atoms with van der Waals surface area (Å²) >= 11 is 0. The van der Waals surface area contributed by atoms with Crippen LogP contribution in [-0.4, -0.2) is 4.98 Å². The second kappa shape index (κ2) is 6.27. The Morgan fingerprint density at radius 1 is 0.692 bits per heavy atom. The van der Waals surface area contributed by atoms with Gasteiger partial charge in [0, 0.05) is 5.39 Å². The van der Waals surface area contributed by atoms with Crippen LogP contribution in [0.15, 0.2) is 84.9 Å². The number of benzene rings is 3.